The number of halogens is 2. The summed E-state index contributed by atoms with van der Waals surface area (Å²) in [7, 11) is -2.78. The molecule has 0 unspecified atom stereocenters. The van der Waals surface area contributed by atoms with E-state index in [9.17, 15) is 23.7 Å². The third kappa shape index (κ3) is 21.0. The van der Waals surface area contributed by atoms with E-state index in [2.05, 4.69) is 47.7 Å². The van der Waals surface area contributed by atoms with Crippen molar-refractivity contribution in [3.8, 4) is 5.95 Å². The number of rotatable bonds is 11. The molecule has 4 aromatic rings. The lowest BCUT2D eigenvalue weighted by Gasteiger charge is -2.19. The maximum Gasteiger partial charge on any atom is 0.396 e. The van der Waals surface area contributed by atoms with Crippen LogP contribution in [0.1, 0.15) is 45.8 Å². The topological polar surface area (TPSA) is 212 Å². The van der Waals surface area contributed by atoms with E-state index in [0.29, 0.717) is 13.2 Å². The zero-order chi connectivity index (χ0) is 40.8. The predicted octanol–water partition coefficient (Wildman–Crippen LogP) is 5.44. The number of nitrogens with one attached hydrogen (secondary N) is 1. The summed E-state index contributed by atoms with van der Waals surface area (Å²) < 4.78 is 36.4. The smallest absolute Gasteiger partial charge is 0.396 e. The number of carbonyl (C=O) groups is 5. The first-order valence-corrected chi connectivity index (χ1v) is 18.3. The summed E-state index contributed by atoms with van der Waals surface area (Å²) in [6, 6.07) is 29.1. The van der Waals surface area contributed by atoms with Crippen LogP contribution in [0, 0.1) is 0 Å². The van der Waals surface area contributed by atoms with E-state index in [4.69, 9.17) is 23.5 Å². The number of benzene rings is 3. The van der Waals surface area contributed by atoms with Crippen molar-refractivity contribution in [1.29, 1.82) is 0 Å². The summed E-state index contributed by atoms with van der Waals surface area (Å²) in [5.41, 5.74) is 0. The van der Waals surface area contributed by atoms with Crippen molar-refractivity contribution in [1.82, 2.24) is 10.3 Å². The molecule has 0 spiro atoms. The van der Waals surface area contributed by atoms with Gasteiger partial charge in [-0.2, -0.15) is 9.59 Å². The Balaban J connectivity index is 0. The molecule has 0 fully saturated rings. The minimum absolute atomic E-state index is 0. The van der Waals surface area contributed by atoms with Crippen molar-refractivity contribution in [2.45, 2.75) is 35.1 Å². The van der Waals surface area contributed by atoms with Gasteiger partial charge in [-0.25, -0.2) is 14.6 Å². The second-order valence-corrected chi connectivity index (χ2v) is 12.9. The van der Waals surface area contributed by atoms with Gasteiger partial charge in [0.2, 0.25) is 0 Å². The van der Waals surface area contributed by atoms with E-state index >= 15 is 0 Å². The molecule has 0 aliphatic rings. The minimum Gasteiger partial charge on any atom is -0.465 e. The number of esters is 3. The Morgan fingerprint density at radius 2 is 1.11 bits per heavy atom. The van der Waals surface area contributed by atoms with Gasteiger partial charge in [0.15, 0.2) is 7.14 Å². The number of oxazole rings is 1. The highest BCUT2D eigenvalue weighted by atomic mass is 35.5. The highest BCUT2D eigenvalue weighted by molar-refractivity contribution is 7.85. The van der Waals surface area contributed by atoms with Crippen LogP contribution < -0.4 is 26.0 Å². The van der Waals surface area contributed by atoms with Crippen molar-refractivity contribution < 1.29 is 61.5 Å². The lowest BCUT2D eigenvalue weighted by atomic mass is 10.4. The SMILES string of the molecule is C.CCOC(=O)CNC(=O)C(=O)OCC.CCOC(=O)c1ncc(OCC)o1.O=C(Cl)Cl.O=C=O.O=P(c1ccccc1)(c1ccccc1)c1ccccc1. The molecule has 55 heavy (non-hydrogen) atoms. The summed E-state index contributed by atoms with van der Waals surface area (Å²) in [4.78, 5) is 72.3. The fourth-order valence-corrected chi connectivity index (χ4v) is 6.42. The number of ether oxygens (including phenoxy) is 4. The average molecular weight is 826 g/mol. The largest absolute Gasteiger partial charge is 0.465 e. The Labute approximate surface area is 329 Å². The Hall–Kier alpha value is -5.59. The highest BCUT2D eigenvalue weighted by Gasteiger charge is 2.29. The number of hydrogen-bond donors (Lipinski definition) is 1. The van der Waals surface area contributed by atoms with Crippen LogP contribution in [0.25, 0.3) is 0 Å². The first-order valence-electron chi connectivity index (χ1n) is 15.8. The van der Waals surface area contributed by atoms with Gasteiger partial charge in [-0.15, -0.1) is 0 Å². The van der Waals surface area contributed by atoms with Crippen LogP contribution in [0.5, 0.6) is 5.95 Å². The molecule has 0 aliphatic carbocycles. The molecule has 1 heterocycles. The Morgan fingerprint density at radius 3 is 1.47 bits per heavy atom. The first kappa shape index (κ1) is 51.5. The molecule has 1 amide bonds. The number of amides is 1. The molecule has 0 bridgehead atoms. The van der Waals surface area contributed by atoms with Gasteiger partial charge in [-0.05, 0) is 50.9 Å². The van der Waals surface area contributed by atoms with Gasteiger partial charge >= 0.3 is 46.5 Å². The second kappa shape index (κ2) is 30.8. The third-order valence-electron chi connectivity index (χ3n) is 5.74. The van der Waals surface area contributed by atoms with E-state index in [1.165, 1.54) is 6.20 Å². The van der Waals surface area contributed by atoms with Crippen LogP contribution in [0.3, 0.4) is 0 Å². The molecule has 0 saturated carbocycles. The Kier molecular flexibility index (Phi) is 28.9. The van der Waals surface area contributed by atoms with Gasteiger partial charge in [0.25, 0.3) is 0 Å². The average Bonchev–Trinajstić information content (AvgIpc) is 3.65. The van der Waals surface area contributed by atoms with Crippen molar-refractivity contribution in [3.63, 3.8) is 0 Å². The minimum atomic E-state index is -2.78. The summed E-state index contributed by atoms with van der Waals surface area (Å²) in [6.07, 6.45) is 1.59. The molecule has 4 rings (SSSR count). The van der Waals surface area contributed by atoms with Crippen LogP contribution in [-0.2, 0) is 42.7 Å². The third-order valence-corrected chi connectivity index (χ3v) is 8.82. The van der Waals surface area contributed by atoms with Gasteiger partial charge in [0, 0.05) is 15.9 Å². The molecule has 0 saturated heterocycles. The quantitative estimate of drug-likeness (QED) is 0.0656. The Bertz CT molecular complexity index is 1680. The molecule has 15 nitrogen and oxygen atoms in total. The molecule has 18 heteroatoms. The molecule has 298 valence electrons. The number of carbonyl (C=O) groups excluding carboxylic acids is 7. The van der Waals surface area contributed by atoms with E-state index in [-0.39, 0.29) is 45.2 Å². The number of hydrogen-bond acceptors (Lipinski definition) is 14. The van der Waals surface area contributed by atoms with Gasteiger partial charge in [-0.3, -0.25) is 14.4 Å². The molecule has 1 aromatic heterocycles. The van der Waals surface area contributed by atoms with Crippen molar-refractivity contribution in [2.24, 2.45) is 0 Å². The van der Waals surface area contributed by atoms with Crippen LogP contribution in [-0.4, -0.2) is 72.6 Å². The zero-order valence-electron chi connectivity index (χ0n) is 29.7. The number of nitrogens with zero attached hydrogens (tertiary/aromatic N) is 1. The summed E-state index contributed by atoms with van der Waals surface area (Å²) >= 11 is 8.80. The normalized spacial score (nSPS) is 9.27. The fourth-order valence-electron chi connectivity index (χ4n) is 3.75. The van der Waals surface area contributed by atoms with E-state index in [0.717, 1.165) is 15.9 Å². The summed E-state index contributed by atoms with van der Waals surface area (Å²) in [5, 5.41) is 4.68. The van der Waals surface area contributed by atoms with E-state index in [1.807, 2.05) is 97.9 Å². The molecular weight excluding hydrogens is 782 g/mol. The molecule has 3 aromatic carbocycles. The van der Waals surface area contributed by atoms with E-state index in [1.54, 1.807) is 20.8 Å². The monoisotopic (exact) mass is 824 g/mol. The lowest BCUT2D eigenvalue weighted by molar-refractivity contribution is -0.191. The molecular formula is C37H43Cl2N2O13P. The lowest BCUT2D eigenvalue weighted by Crippen LogP contribution is -2.36. The maximum absolute atomic E-state index is 13.8. The van der Waals surface area contributed by atoms with Crippen LogP contribution in [0.4, 0.5) is 4.79 Å². The van der Waals surface area contributed by atoms with Crippen molar-refractivity contribution >= 4 is 80.9 Å². The Morgan fingerprint density at radius 1 is 0.709 bits per heavy atom. The van der Waals surface area contributed by atoms with Crippen LogP contribution in [0.15, 0.2) is 102 Å². The van der Waals surface area contributed by atoms with Crippen molar-refractivity contribution in [3.05, 3.63) is 103 Å². The van der Waals surface area contributed by atoms with Crippen LogP contribution in [0.2, 0.25) is 0 Å². The summed E-state index contributed by atoms with van der Waals surface area (Å²) in [5.74, 6) is -2.97. The molecule has 0 atom stereocenters. The second-order valence-electron chi connectivity index (χ2n) is 9.27. The zero-order valence-corrected chi connectivity index (χ0v) is 32.1. The fraction of sp³-hybridized carbons (Fsp3) is 0.270. The first-order chi connectivity index (χ1) is 25.8. The van der Waals surface area contributed by atoms with E-state index < -0.39 is 35.7 Å². The van der Waals surface area contributed by atoms with Gasteiger partial charge in [0.1, 0.15) is 12.7 Å². The highest BCUT2D eigenvalue weighted by Crippen LogP contribution is 2.41. The maximum atomic E-state index is 13.8. The standard InChI is InChI=1S/C18H15OP.C8H13NO5.C8H11NO4.CCl2O.CO2.CH4/c19-20(16-10-4-1-5-11-16,17-12-6-2-7-13-17)18-14-8-3-9-15-18;1-3-13-6(10)5-9-7(11)8(12)14-4-2;1-3-11-6-5-9-7(13-6)8(10)12-4-2;2-1(3)4;2-1-3;/h1-15H;3-5H2,1-2H3,(H,9,11);5H,3-4H2,1-2H3;;;1H4. The van der Waals surface area contributed by atoms with Crippen LogP contribution >= 0.6 is 30.3 Å². The molecule has 1 N–H and O–H groups in total. The number of aromatic nitrogens is 1. The van der Waals surface area contributed by atoms with Gasteiger partial charge in [0.05, 0.1) is 26.4 Å². The predicted molar refractivity (Wildman–Crippen MR) is 205 cm³/mol. The summed E-state index contributed by atoms with van der Waals surface area (Å²) in [6.45, 7) is 7.53. The van der Waals surface area contributed by atoms with Gasteiger partial charge in [-0.1, -0.05) is 98.4 Å². The molecule has 0 radical (unpaired) electrons. The van der Waals surface area contributed by atoms with Gasteiger partial charge < -0.3 is 33.2 Å². The van der Waals surface area contributed by atoms with Crippen molar-refractivity contribution in [2.75, 3.05) is 33.0 Å². The molecule has 0 aliphatic heterocycles.